The van der Waals surface area contributed by atoms with E-state index in [0.717, 1.165) is 5.57 Å². The molecule has 0 aromatic rings. The molecule has 5 aliphatic rings. The van der Waals surface area contributed by atoms with Crippen LogP contribution in [0.25, 0.3) is 0 Å². The van der Waals surface area contributed by atoms with Crippen LogP contribution in [0, 0.1) is 22.7 Å². The molecule has 1 heterocycles. The fourth-order valence-corrected chi connectivity index (χ4v) is 8.86. The fourth-order valence-electron chi connectivity index (χ4n) is 8.86. The minimum atomic E-state index is -2.04. The maximum Gasteiger partial charge on any atom is 0.336 e. The molecule has 214 valence electrons. The third-order valence-electron chi connectivity index (χ3n) is 11.3. The highest BCUT2D eigenvalue weighted by atomic mass is 16.6. The van der Waals surface area contributed by atoms with Crippen LogP contribution in [0.1, 0.15) is 72.6 Å². The smallest absolute Gasteiger partial charge is 0.336 e. The molecule has 4 aliphatic carbocycles. The lowest BCUT2D eigenvalue weighted by molar-refractivity contribution is -0.294. The standard InChI is InChI=1S/C30H40O9/c1-17-14-24(39-25(34)20(17)15-31)27(4,35)30(37)13-12-29(36)22-9-8-19-6-5-7-23(33)26(19,3)21(22)10-11-28(29,30)16-38-18(2)32/h5,7-8,21-22,24,31,35-37H,6,9-16H2,1-4H3/t21-,22+,24+,26-,27?,28+,29+,30+/m0/s1. The topological polar surface area (TPSA) is 151 Å². The minimum Gasteiger partial charge on any atom is -0.465 e. The van der Waals surface area contributed by atoms with E-state index in [1.807, 2.05) is 19.1 Å². The summed E-state index contributed by atoms with van der Waals surface area (Å²) in [5, 5.41) is 46.9. The zero-order valence-corrected chi connectivity index (χ0v) is 23.2. The van der Waals surface area contributed by atoms with Crippen molar-refractivity contribution in [1.29, 1.82) is 0 Å². The van der Waals surface area contributed by atoms with Crippen LogP contribution in [-0.4, -0.2) is 74.3 Å². The molecule has 1 aliphatic heterocycles. The molecule has 0 radical (unpaired) electrons. The Morgan fingerprint density at radius 1 is 1.21 bits per heavy atom. The molecular weight excluding hydrogens is 504 g/mol. The normalized spacial score (nSPS) is 43.1. The summed E-state index contributed by atoms with van der Waals surface area (Å²) >= 11 is 0. The lowest BCUT2D eigenvalue weighted by Gasteiger charge is -2.63. The molecule has 0 amide bonds. The Hall–Kier alpha value is -2.33. The largest absolute Gasteiger partial charge is 0.465 e. The molecule has 0 aromatic carbocycles. The summed E-state index contributed by atoms with van der Waals surface area (Å²) in [4.78, 5) is 38.0. The number of hydrogen-bond donors (Lipinski definition) is 4. The third-order valence-corrected chi connectivity index (χ3v) is 11.3. The minimum absolute atomic E-state index is 0.00195. The zero-order chi connectivity index (χ0) is 28.6. The zero-order valence-electron chi connectivity index (χ0n) is 23.2. The van der Waals surface area contributed by atoms with E-state index in [9.17, 15) is 34.8 Å². The number of allylic oxidation sites excluding steroid dienone is 4. The molecule has 2 saturated carbocycles. The maximum absolute atomic E-state index is 13.3. The first-order valence-corrected chi connectivity index (χ1v) is 13.9. The van der Waals surface area contributed by atoms with E-state index in [-0.39, 0.29) is 49.6 Å². The van der Waals surface area contributed by atoms with E-state index in [4.69, 9.17) is 9.47 Å². The van der Waals surface area contributed by atoms with Crippen LogP contribution in [-0.2, 0) is 23.9 Å². The average molecular weight is 545 g/mol. The Morgan fingerprint density at radius 2 is 1.92 bits per heavy atom. The van der Waals surface area contributed by atoms with Gasteiger partial charge in [-0.25, -0.2) is 4.79 Å². The summed E-state index contributed by atoms with van der Waals surface area (Å²) in [5.41, 5.74) is -6.14. The SMILES string of the molecule is CC(=O)OC[C@]12CC[C@H]3[C@@H](CC=C4CC=CC(=O)[C@@]43C)[C@]1(O)CC[C@@]2(O)C(C)(O)[C@H]1CC(C)=C(CO)C(=O)O1. The second kappa shape index (κ2) is 9.09. The van der Waals surface area contributed by atoms with Gasteiger partial charge in [0.1, 0.15) is 23.9 Å². The highest BCUT2D eigenvalue weighted by molar-refractivity contribution is 5.98. The predicted octanol–water partition coefficient (Wildman–Crippen LogP) is 2.06. The molecule has 4 N–H and O–H groups in total. The number of aliphatic hydroxyl groups excluding tert-OH is 1. The first-order valence-electron chi connectivity index (χ1n) is 13.9. The summed E-state index contributed by atoms with van der Waals surface area (Å²) in [6.07, 6.45) is 6.39. The van der Waals surface area contributed by atoms with Crippen molar-refractivity contribution in [3.05, 3.63) is 34.9 Å². The molecule has 9 heteroatoms. The molecule has 1 unspecified atom stereocenters. The molecule has 0 spiro atoms. The summed E-state index contributed by atoms with van der Waals surface area (Å²) in [6, 6.07) is 0. The number of hydrogen-bond acceptors (Lipinski definition) is 9. The molecule has 5 rings (SSSR count). The number of cyclic esters (lactones) is 1. The van der Waals surface area contributed by atoms with Crippen molar-refractivity contribution < 1.29 is 44.3 Å². The van der Waals surface area contributed by atoms with Crippen LogP contribution in [0.15, 0.2) is 34.9 Å². The van der Waals surface area contributed by atoms with Crippen LogP contribution in [0.2, 0.25) is 0 Å². The van der Waals surface area contributed by atoms with E-state index >= 15 is 0 Å². The molecule has 0 bridgehead atoms. The Labute approximate surface area is 228 Å². The van der Waals surface area contributed by atoms with Gasteiger partial charge in [-0.1, -0.05) is 23.3 Å². The fraction of sp³-hybridized carbons (Fsp3) is 0.700. The summed E-state index contributed by atoms with van der Waals surface area (Å²) in [7, 11) is 0. The second-order valence-corrected chi connectivity index (χ2v) is 12.7. The number of ether oxygens (including phenoxy) is 2. The second-order valence-electron chi connectivity index (χ2n) is 12.7. The summed E-state index contributed by atoms with van der Waals surface area (Å²) in [6.45, 7) is 5.46. The van der Waals surface area contributed by atoms with Gasteiger partial charge in [0.15, 0.2) is 5.78 Å². The molecule has 2 fully saturated rings. The van der Waals surface area contributed by atoms with Crippen molar-refractivity contribution in [3.63, 3.8) is 0 Å². The molecule has 0 aromatic heterocycles. The van der Waals surface area contributed by atoms with E-state index in [1.165, 1.54) is 13.8 Å². The Kier molecular flexibility index (Phi) is 6.58. The van der Waals surface area contributed by atoms with Gasteiger partial charge >= 0.3 is 11.9 Å². The van der Waals surface area contributed by atoms with Crippen molar-refractivity contribution in [3.8, 4) is 0 Å². The van der Waals surface area contributed by atoms with Gasteiger partial charge in [-0.05, 0) is 77.2 Å². The monoisotopic (exact) mass is 544 g/mol. The highest BCUT2D eigenvalue weighted by Crippen LogP contribution is 2.70. The van der Waals surface area contributed by atoms with Gasteiger partial charge in [-0.3, -0.25) is 9.59 Å². The van der Waals surface area contributed by atoms with Crippen LogP contribution >= 0.6 is 0 Å². The van der Waals surface area contributed by atoms with Gasteiger partial charge in [0.25, 0.3) is 0 Å². The van der Waals surface area contributed by atoms with Crippen LogP contribution in [0.4, 0.5) is 0 Å². The van der Waals surface area contributed by atoms with Crippen LogP contribution in [0.3, 0.4) is 0 Å². The van der Waals surface area contributed by atoms with E-state index < -0.39 is 58.2 Å². The van der Waals surface area contributed by atoms with Gasteiger partial charge in [0.2, 0.25) is 0 Å². The van der Waals surface area contributed by atoms with Gasteiger partial charge in [0.05, 0.1) is 28.6 Å². The predicted molar refractivity (Wildman–Crippen MR) is 139 cm³/mol. The number of carbonyl (C=O) groups excluding carboxylic acids is 3. The van der Waals surface area contributed by atoms with E-state index in [2.05, 4.69) is 0 Å². The van der Waals surface area contributed by atoms with Crippen molar-refractivity contribution >= 4 is 17.7 Å². The number of ketones is 1. The molecule has 0 saturated heterocycles. The number of esters is 2. The number of aliphatic hydroxyl groups is 4. The van der Waals surface area contributed by atoms with Gasteiger partial charge < -0.3 is 29.9 Å². The Morgan fingerprint density at radius 3 is 2.56 bits per heavy atom. The summed E-state index contributed by atoms with van der Waals surface area (Å²) < 4.78 is 11.1. The highest BCUT2D eigenvalue weighted by Gasteiger charge is 2.78. The lowest BCUT2D eigenvalue weighted by Crippen LogP contribution is -2.74. The number of rotatable bonds is 5. The lowest BCUT2D eigenvalue weighted by atomic mass is 9.44. The van der Waals surface area contributed by atoms with Crippen molar-refractivity contribution in [2.24, 2.45) is 22.7 Å². The first kappa shape index (κ1) is 28.2. The van der Waals surface area contributed by atoms with Crippen LogP contribution in [0.5, 0.6) is 0 Å². The van der Waals surface area contributed by atoms with Crippen LogP contribution < -0.4 is 0 Å². The molecule has 39 heavy (non-hydrogen) atoms. The maximum atomic E-state index is 13.3. The Balaban J connectivity index is 1.60. The molecule has 8 atom stereocenters. The third kappa shape index (κ3) is 3.55. The van der Waals surface area contributed by atoms with E-state index in [1.54, 1.807) is 13.0 Å². The number of carbonyl (C=O) groups is 3. The van der Waals surface area contributed by atoms with Crippen molar-refractivity contribution in [1.82, 2.24) is 0 Å². The Bertz CT molecular complexity index is 1200. The summed E-state index contributed by atoms with van der Waals surface area (Å²) in [5.74, 6) is -1.96. The van der Waals surface area contributed by atoms with Gasteiger partial charge in [-0.15, -0.1) is 0 Å². The number of fused-ring (bicyclic) bond motifs is 5. The van der Waals surface area contributed by atoms with Crippen molar-refractivity contribution in [2.75, 3.05) is 13.2 Å². The van der Waals surface area contributed by atoms with Gasteiger partial charge in [0, 0.05) is 13.3 Å². The molecular formula is C30H40O9. The average Bonchev–Trinajstić information content (AvgIpc) is 3.12. The van der Waals surface area contributed by atoms with Crippen molar-refractivity contribution in [2.45, 2.75) is 95.5 Å². The van der Waals surface area contributed by atoms with Gasteiger partial charge in [-0.2, -0.15) is 0 Å². The first-order chi connectivity index (χ1) is 18.2. The quantitative estimate of drug-likeness (QED) is 0.301. The molecule has 9 nitrogen and oxygen atoms in total. The van der Waals surface area contributed by atoms with E-state index in [0.29, 0.717) is 24.8 Å².